The Morgan fingerprint density at radius 3 is 2.76 bits per heavy atom. The van der Waals surface area contributed by atoms with Gasteiger partial charge in [-0.15, -0.1) is 11.3 Å². The average Bonchev–Trinajstić information content (AvgIpc) is 3.09. The summed E-state index contributed by atoms with van der Waals surface area (Å²) in [5, 5.41) is 11.5. The zero-order valence-corrected chi connectivity index (χ0v) is 17.9. The predicted octanol–water partition coefficient (Wildman–Crippen LogP) is 5.70. The number of hydrogen-bond donors (Lipinski definition) is 1. The molecule has 29 heavy (non-hydrogen) atoms. The number of hydrogen-bond acceptors (Lipinski definition) is 6. The van der Waals surface area contributed by atoms with E-state index in [-0.39, 0.29) is 5.76 Å². The van der Waals surface area contributed by atoms with Crippen molar-refractivity contribution in [1.29, 1.82) is 0 Å². The van der Waals surface area contributed by atoms with Crippen LogP contribution in [0.3, 0.4) is 0 Å². The summed E-state index contributed by atoms with van der Waals surface area (Å²) in [7, 11) is 1.61. The van der Waals surface area contributed by atoms with E-state index in [9.17, 15) is 5.11 Å². The Morgan fingerprint density at radius 2 is 2.10 bits per heavy atom. The molecule has 0 saturated heterocycles. The minimum Gasteiger partial charge on any atom is -0.510 e. The largest absolute Gasteiger partial charge is 0.510 e. The van der Waals surface area contributed by atoms with Gasteiger partial charge in [-0.25, -0.2) is 9.97 Å². The number of aryl methyl sites for hydroxylation is 3. The molecule has 1 aliphatic rings. The fourth-order valence-electron chi connectivity index (χ4n) is 4.20. The van der Waals surface area contributed by atoms with Crippen molar-refractivity contribution in [3.63, 3.8) is 0 Å². The molecule has 0 saturated carbocycles. The van der Waals surface area contributed by atoms with Crippen LogP contribution in [0.4, 0.5) is 0 Å². The quantitative estimate of drug-likeness (QED) is 0.528. The molecule has 3 heterocycles. The summed E-state index contributed by atoms with van der Waals surface area (Å²) in [6, 6.07) is 3.88. The minimum absolute atomic E-state index is 0.0112. The second-order valence-corrected chi connectivity index (χ2v) is 8.38. The van der Waals surface area contributed by atoms with Crippen LogP contribution < -0.4 is 4.74 Å². The number of ether oxygens (including phenoxy) is 2. The van der Waals surface area contributed by atoms with E-state index in [1.807, 2.05) is 32.2 Å². The second kappa shape index (κ2) is 8.13. The molecule has 0 radical (unpaired) electrons. The summed E-state index contributed by atoms with van der Waals surface area (Å²) in [6.45, 7) is 8.13. The van der Waals surface area contributed by atoms with E-state index in [4.69, 9.17) is 14.5 Å². The molecule has 6 heteroatoms. The molecule has 1 N–H and O–H groups in total. The lowest BCUT2D eigenvalue weighted by atomic mass is 9.88. The van der Waals surface area contributed by atoms with Gasteiger partial charge in [0.15, 0.2) is 0 Å². The maximum Gasteiger partial charge on any atom is 0.212 e. The van der Waals surface area contributed by atoms with Gasteiger partial charge in [-0.2, -0.15) is 0 Å². The molecule has 0 fully saturated rings. The fraction of sp³-hybridized carbons (Fsp3) is 0.391. The number of aliphatic hydroxyl groups excluding tert-OH is 1. The van der Waals surface area contributed by atoms with Gasteiger partial charge in [-0.3, -0.25) is 0 Å². The van der Waals surface area contributed by atoms with Crippen LogP contribution in [0.2, 0.25) is 0 Å². The fourth-order valence-corrected chi connectivity index (χ4v) is 5.52. The van der Waals surface area contributed by atoms with Gasteiger partial charge in [0.05, 0.1) is 7.11 Å². The molecular formula is C23H26N2O3S. The Bertz CT molecular complexity index is 1060. The number of nitrogens with zero attached hydrogens (tertiary/aromatic N) is 2. The van der Waals surface area contributed by atoms with Crippen LogP contribution in [0.5, 0.6) is 5.88 Å². The summed E-state index contributed by atoms with van der Waals surface area (Å²) in [4.78, 5) is 11.8. The smallest absolute Gasteiger partial charge is 0.212 e. The van der Waals surface area contributed by atoms with E-state index in [0.29, 0.717) is 12.5 Å². The van der Waals surface area contributed by atoms with Crippen LogP contribution in [0.1, 0.15) is 47.6 Å². The summed E-state index contributed by atoms with van der Waals surface area (Å²) < 4.78 is 11.2. The number of rotatable bonds is 6. The molecule has 0 bridgehead atoms. The molecule has 0 amide bonds. The van der Waals surface area contributed by atoms with Crippen LogP contribution >= 0.6 is 11.3 Å². The Hall–Kier alpha value is -2.44. The standard InChI is InChI=1S/C23H26N2O3S/c1-5-28-22(14(3)26)19-13(2)25-23-21(16-8-6-7-9-17(16)29-23)20(19)15-10-11-18(27-4)24-12-15/h10-12,22,26H,3,5-9H2,1-2,4H3. The lowest BCUT2D eigenvalue weighted by Gasteiger charge is -2.23. The number of methoxy groups -OCH3 is 1. The van der Waals surface area contributed by atoms with Crippen molar-refractivity contribution in [2.24, 2.45) is 0 Å². The third-order valence-corrected chi connectivity index (χ3v) is 6.65. The highest BCUT2D eigenvalue weighted by atomic mass is 32.1. The predicted molar refractivity (Wildman–Crippen MR) is 117 cm³/mol. The van der Waals surface area contributed by atoms with Crippen molar-refractivity contribution in [3.05, 3.63) is 52.4 Å². The molecular weight excluding hydrogens is 384 g/mol. The van der Waals surface area contributed by atoms with E-state index in [0.717, 1.165) is 40.1 Å². The first-order chi connectivity index (χ1) is 14.0. The monoisotopic (exact) mass is 410 g/mol. The molecule has 5 nitrogen and oxygen atoms in total. The summed E-state index contributed by atoms with van der Waals surface area (Å²) >= 11 is 1.79. The number of pyridine rings is 2. The summed E-state index contributed by atoms with van der Waals surface area (Å²) in [6.07, 6.45) is 5.76. The molecule has 1 aliphatic carbocycles. The third-order valence-electron chi connectivity index (χ3n) is 5.46. The normalized spacial score (nSPS) is 14.6. The first kappa shape index (κ1) is 19.9. The molecule has 3 aromatic heterocycles. The first-order valence-corrected chi connectivity index (χ1v) is 10.8. The highest BCUT2D eigenvalue weighted by molar-refractivity contribution is 7.19. The summed E-state index contributed by atoms with van der Waals surface area (Å²) in [5.41, 5.74) is 5.10. The van der Waals surface area contributed by atoms with Gasteiger partial charge in [-0.05, 0) is 51.2 Å². The summed E-state index contributed by atoms with van der Waals surface area (Å²) in [5.74, 6) is 0.556. The second-order valence-electron chi connectivity index (χ2n) is 7.29. The molecule has 4 rings (SSSR count). The van der Waals surface area contributed by atoms with Crippen molar-refractivity contribution in [1.82, 2.24) is 9.97 Å². The van der Waals surface area contributed by atoms with Gasteiger partial charge in [0, 0.05) is 51.5 Å². The van der Waals surface area contributed by atoms with Gasteiger partial charge in [-0.1, -0.05) is 6.58 Å². The zero-order chi connectivity index (χ0) is 20.5. The van der Waals surface area contributed by atoms with Crippen LogP contribution in [-0.2, 0) is 17.6 Å². The van der Waals surface area contributed by atoms with Gasteiger partial charge in [0.1, 0.15) is 16.7 Å². The van der Waals surface area contributed by atoms with E-state index < -0.39 is 6.10 Å². The van der Waals surface area contributed by atoms with Crippen molar-refractivity contribution in [2.45, 2.75) is 45.6 Å². The highest BCUT2D eigenvalue weighted by Crippen LogP contribution is 2.45. The molecule has 1 unspecified atom stereocenters. The lowest BCUT2D eigenvalue weighted by molar-refractivity contribution is 0.0580. The van der Waals surface area contributed by atoms with E-state index in [1.54, 1.807) is 18.4 Å². The Labute approximate surface area is 175 Å². The van der Waals surface area contributed by atoms with Gasteiger partial charge in [0.25, 0.3) is 0 Å². The van der Waals surface area contributed by atoms with Crippen LogP contribution in [-0.4, -0.2) is 28.8 Å². The number of fused-ring (bicyclic) bond motifs is 3. The van der Waals surface area contributed by atoms with Crippen molar-refractivity contribution in [2.75, 3.05) is 13.7 Å². The maximum absolute atomic E-state index is 10.4. The van der Waals surface area contributed by atoms with Crippen LogP contribution in [0, 0.1) is 6.92 Å². The number of aliphatic hydroxyl groups is 1. The van der Waals surface area contributed by atoms with Crippen LogP contribution in [0.25, 0.3) is 21.3 Å². The SMILES string of the molecule is C=C(O)C(OCC)c1c(C)nc2sc3c(c2c1-c1ccc(OC)nc1)CCCC3. The molecule has 0 aromatic carbocycles. The molecule has 0 aliphatic heterocycles. The zero-order valence-electron chi connectivity index (χ0n) is 17.1. The van der Waals surface area contributed by atoms with Crippen LogP contribution in [0.15, 0.2) is 30.7 Å². The third kappa shape index (κ3) is 3.51. The molecule has 3 aromatic rings. The Kier molecular flexibility index (Phi) is 5.56. The Morgan fingerprint density at radius 1 is 1.31 bits per heavy atom. The van der Waals surface area contributed by atoms with Gasteiger partial charge >= 0.3 is 0 Å². The lowest BCUT2D eigenvalue weighted by Crippen LogP contribution is -2.12. The molecule has 1 atom stereocenters. The van der Waals surface area contributed by atoms with E-state index in [2.05, 4.69) is 11.6 Å². The van der Waals surface area contributed by atoms with Gasteiger partial charge < -0.3 is 14.6 Å². The molecule has 0 spiro atoms. The van der Waals surface area contributed by atoms with Crippen molar-refractivity contribution >= 4 is 21.6 Å². The number of thiophene rings is 1. The van der Waals surface area contributed by atoms with E-state index in [1.165, 1.54) is 28.7 Å². The number of aromatic nitrogens is 2. The minimum atomic E-state index is -0.631. The average molecular weight is 411 g/mol. The first-order valence-electron chi connectivity index (χ1n) is 9.99. The van der Waals surface area contributed by atoms with Gasteiger partial charge in [0.2, 0.25) is 5.88 Å². The van der Waals surface area contributed by atoms with Crippen molar-refractivity contribution < 1.29 is 14.6 Å². The molecule has 152 valence electrons. The van der Waals surface area contributed by atoms with E-state index >= 15 is 0 Å². The topological polar surface area (TPSA) is 64.5 Å². The van der Waals surface area contributed by atoms with Crippen molar-refractivity contribution in [3.8, 4) is 17.0 Å². The highest BCUT2D eigenvalue weighted by Gasteiger charge is 2.28. The Balaban J connectivity index is 2.07. The maximum atomic E-state index is 10.4.